The minimum absolute atomic E-state index is 0.195. The highest BCUT2D eigenvalue weighted by molar-refractivity contribution is 9.10. The van der Waals surface area contributed by atoms with Crippen molar-refractivity contribution >= 4 is 44.1 Å². The average molecular weight is 326 g/mol. The number of carboxylic acids is 1. The number of benzene rings is 1. The van der Waals surface area contributed by atoms with Gasteiger partial charge in [-0.2, -0.15) is 0 Å². The van der Waals surface area contributed by atoms with Gasteiger partial charge in [0.15, 0.2) is 0 Å². The normalized spacial score (nSPS) is 10.1. The van der Waals surface area contributed by atoms with Crippen molar-refractivity contribution in [2.24, 2.45) is 0 Å². The van der Waals surface area contributed by atoms with Gasteiger partial charge in [-0.15, -0.1) is 11.3 Å². The predicted octanol–water partition coefficient (Wildman–Crippen LogP) is 3.46. The van der Waals surface area contributed by atoms with Crippen LogP contribution in [0.2, 0.25) is 0 Å². The van der Waals surface area contributed by atoms with E-state index in [9.17, 15) is 9.59 Å². The van der Waals surface area contributed by atoms with Crippen LogP contribution in [0.15, 0.2) is 40.9 Å². The van der Waals surface area contributed by atoms with E-state index < -0.39 is 5.97 Å². The average Bonchev–Trinajstić information content (AvgIpc) is 2.78. The lowest BCUT2D eigenvalue weighted by Crippen LogP contribution is -2.10. The fraction of sp³-hybridized carbons (Fsp3) is 0. The zero-order chi connectivity index (χ0) is 13.1. The van der Waals surface area contributed by atoms with Gasteiger partial charge in [0.1, 0.15) is 4.88 Å². The predicted molar refractivity (Wildman–Crippen MR) is 73.4 cm³/mol. The Bertz CT molecular complexity index is 592. The van der Waals surface area contributed by atoms with Crippen LogP contribution in [0, 0.1) is 0 Å². The van der Waals surface area contributed by atoms with Crippen LogP contribution in [-0.2, 0) is 0 Å². The number of anilines is 1. The summed E-state index contributed by atoms with van der Waals surface area (Å²) in [5.41, 5.74) is 0.517. The molecular formula is C12H8BrNO3S. The molecule has 4 nitrogen and oxygen atoms in total. The quantitative estimate of drug-likeness (QED) is 0.908. The number of nitrogens with one attached hydrogen (secondary N) is 1. The van der Waals surface area contributed by atoms with Gasteiger partial charge in [-0.05, 0) is 36.4 Å². The second kappa shape index (κ2) is 5.32. The molecule has 0 aliphatic carbocycles. The van der Waals surface area contributed by atoms with Crippen LogP contribution in [0.4, 0.5) is 5.00 Å². The maximum absolute atomic E-state index is 11.8. The van der Waals surface area contributed by atoms with E-state index in [4.69, 9.17) is 5.11 Å². The number of hydrogen-bond acceptors (Lipinski definition) is 3. The topological polar surface area (TPSA) is 66.4 Å². The van der Waals surface area contributed by atoms with Gasteiger partial charge < -0.3 is 10.4 Å². The molecule has 0 saturated heterocycles. The molecule has 0 atom stereocenters. The third-order valence-corrected chi connectivity index (χ3v) is 3.68. The Kier molecular flexibility index (Phi) is 3.78. The van der Waals surface area contributed by atoms with E-state index in [0.717, 1.165) is 15.8 Å². The summed E-state index contributed by atoms with van der Waals surface area (Å²) in [4.78, 5) is 22.7. The Morgan fingerprint density at radius 2 is 1.78 bits per heavy atom. The highest BCUT2D eigenvalue weighted by Gasteiger charge is 2.10. The Morgan fingerprint density at radius 1 is 1.11 bits per heavy atom. The molecule has 2 aromatic rings. The summed E-state index contributed by atoms with van der Waals surface area (Å²) < 4.78 is 0.892. The molecule has 92 valence electrons. The maximum atomic E-state index is 11.8. The van der Waals surface area contributed by atoms with Crippen molar-refractivity contribution < 1.29 is 14.7 Å². The maximum Gasteiger partial charge on any atom is 0.345 e. The standard InChI is InChI=1S/C12H8BrNO3S/c13-8-3-1-7(2-4-8)11(15)14-10-6-5-9(18-10)12(16)17/h1-6H,(H,14,15)(H,16,17). The van der Waals surface area contributed by atoms with Crippen molar-refractivity contribution in [1.29, 1.82) is 0 Å². The minimum Gasteiger partial charge on any atom is -0.477 e. The van der Waals surface area contributed by atoms with Gasteiger partial charge in [0, 0.05) is 10.0 Å². The molecule has 1 heterocycles. The number of carboxylic acid groups (broad SMARTS) is 1. The first-order valence-electron chi connectivity index (χ1n) is 4.96. The van der Waals surface area contributed by atoms with E-state index in [1.165, 1.54) is 6.07 Å². The molecule has 0 spiro atoms. The Balaban J connectivity index is 2.11. The highest BCUT2D eigenvalue weighted by atomic mass is 79.9. The molecule has 1 amide bonds. The van der Waals surface area contributed by atoms with Crippen LogP contribution in [-0.4, -0.2) is 17.0 Å². The summed E-state index contributed by atoms with van der Waals surface area (Å²) >= 11 is 4.31. The van der Waals surface area contributed by atoms with Gasteiger partial charge >= 0.3 is 5.97 Å². The van der Waals surface area contributed by atoms with Gasteiger partial charge in [0.25, 0.3) is 5.91 Å². The second-order valence-corrected chi connectivity index (χ2v) is 5.43. The van der Waals surface area contributed by atoms with Crippen molar-refractivity contribution in [1.82, 2.24) is 0 Å². The van der Waals surface area contributed by atoms with Crippen LogP contribution in [0.5, 0.6) is 0 Å². The Morgan fingerprint density at radius 3 is 2.33 bits per heavy atom. The van der Waals surface area contributed by atoms with Crippen LogP contribution in [0.25, 0.3) is 0 Å². The zero-order valence-corrected chi connectivity index (χ0v) is 11.4. The molecule has 18 heavy (non-hydrogen) atoms. The van der Waals surface area contributed by atoms with Crippen LogP contribution in [0.3, 0.4) is 0 Å². The summed E-state index contributed by atoms with van der Waals surface area (Å²) in [5, 5.41) is 11.9. The molecule has 1 aromatic carbocycles. The van der Waals surface area contributed by atoms with Gasteiger partial charge in [-0.1, -0.05) is 15.9 Å². The smallest absolute Gasteiger partial charge is 0.345 e. The van der Waals surface area contributed by atoms with Crippen molar-refractivity contribution in [3.05, 3.63) is 51.3 Å². The number of thiophene rings is 1. The third-order valence-electron chi connectivity index (χ3n) is 2.16. The van der Waals surface area contributed by atoms with E-state index in [0.29, 0.717) is 10.6 Å². The van der Waals surface area contributed by atoms with Crippen molar-refractivity contribution in [3.8, 4) is 0 Å². The summed E-state index contributed by atoms with van der Waals surface area (Å²) in [6.45, 7) is 0. The van der Waals surface area contributed by atoms with Crippen LogP contribution >= 0.6 is 27.3 Å². The van der Waals surface area contributed by atoms with E-state index >= 15 is 0 Å². The molecule has 0 bridgehead atoms. The third kappa shape index (κ3) is 2.96. The molecule has 0 saturated carbocycles. The Labute approximate surface area is 115 Å². The van der Waals surface area contributed by atoms with Gasteiger partial charge in [0.05, 0.1) is 5.00 Å². The summed E-state index contributed by atoms with van der Waals surface area (Å²) in [6.07, 6.45) is 0. The molecule has 2 N–H and O–H groups in total. The molecule has 6 heteroatoms. The van der Waals surface area contributed by atoms with Crippen LogP contribution < -0.4 is 5.32 Å². The van der Waals surface area contributed by atoms with Crippen molar-refractivity contribution in [2.75, 3.05) is 5.32 Å². The van der Waals surface area contributed by atoms with Gasteiger partial charge in [-0.25, -0.2) is 4.79 Å². The number of amides is 1. The first-order valence-corrected chi connectivity index (χ1v) is 6.57. The molecule has 2 rings (SSSR count). The van der Waals surface area contributed by atoms with Crippen molar-refractivity contribution in [2.45, 2.75) is 0 Å². The number of aromatic carboxylic acids is 1. The van der Waals surface area contributed by atoms with Crippen LogP contribution in [0.1, 0.15) is 20.0 Å². The fourth-order valence-corrected chi connectivity index (χ4v) is 2.31. The Hall–Kier alpha value is -1.66. The van der Waals surface area contributed by atoms with E-state index in [2.05, 4.69) is 21.2 Å². The molecule has 1 aromatic heterocycles. The lowest BCUT2D eigenvalue weighted by Gasteiger charge is -2.02. The monoisotopic (exact) mass is 325 g/mol. The summed E-state index contributed by atoms with van der Waals surface area (Å²) in [6, 6.07) is 9.95. The van der Waals surface area contributed by atoms with Crippen molar-refractivity contribution in [3.63, 3.8) is 0 Å². The van der Waals surface area contributed by atoms with E-state index in [1.807, 2.05) is 0 Å². The molecule has 0 radical (unpaired) electrons. The first kappa shape index (κ1) is 12.8. The zero-order valence-electron chi connectivity index (χ0n) is 9.01. The molecular weight excluding hydrogens is 318 g/mol. The molecule has 0 unspecified atom stereocenters. The minimum atomic E-state index is -0.996. The summed E-state index contributed by atoms with van der Waals surface area (Å²) in [5.74, 6) is -1.26. The molecule has 0 aliphatic heterocycles. The number of carbonyl (C=O) groups excluding carboxylic acids is 1. The number of hydrogen-bond donors (Lipinski definition) is 2. The number of rotatable bonds is 3. The molecule has 0 aliphatic rings. The largest absolute Gasteiger partial charge is 0.477 e. The van der Waals surface area contributed by atoms with Gasteiger partial charge in [0.2, 0.25) is 0 Å². The lowest BCUT2D eigenvalue weighted by molar-refractivity contribution is 0.0702. The first-order chi connectivity index (χ1) is 8.56. The SMILES string of the molecule is O=C(Nc1ccc(C(=O)O)s1)c1ccc(Br)cc1. The summed E-state index contributed by atoms with van der Waals surface area (Å²) in [7, 11) is 0. The number of halogens is 1. The lowest BCUT2D eigenvalue weighted by atomic mass is 10.2. The second-order valence-electron chi connectivity index (χ2n) is 3.43. The van der Waals surface area contributed by atoms with E-state index in [1.54, 1.807) is 30.3 Å². The molecule has 0 fully saturated rings. The highest BCUT2D eigenvalue weighted by Crippen LogP contribution is 2.22. The van der Waals surface area contributed by atoms with E-state index in [-0.39, 0.29) is 10.8 Å². The fourth-order valence-electron chi connectivity index (χ4n) is 1.31. The number of carbonyl (C=O) groups is 2. The van der Waals surface area contributed by atoms with Gasteiger partial charge in [-0.3, -0.25) is 4.79 Å².